The van der Waals surface area contributed by atoms with Crippen LogP contribution in [-0.4, -0.2) is 96.0 Å². The summed E-state index contributed by atoms with van der Waals surface area (Å²) in [6, 6.07) is 2.86. The zero-order valence-corrected chi connectivity index (χ0v) is 27.5. The van der Waals surface area contributed by atoms with E-state index in [-0.39, 0.29) is 67.5 Å². The molecule has 1 saturated heterocycles. The Morgan fingerprint density at radius 1 is 0.720 bits per heavy atom. The quantitative estimate of drug-likeness (QED) is 0.183. The van der Waals surface area contributed by atoms with Gasteiger partial charge in [0.1, 0.15) is 5.56 Å². The summed E-state index contributed by atoms with van der Waals surface area (Å²) in [7, 11) is 2.74. The molecule has 15 nitrogen and oxygen atoms in total. The summed E-state index contributed by atoms with van der Waals surface area (Å²) in [6.07, 6.45) is 5.39. The molecule has 4 aromatic rings. The minimum absolute atomic E-state index is 0.00698. The minimum atomic E-state index is -1.41. The number of carbonyl (C=O) groups excluding carboxylic acids is 7. The van der Waals surface area contributed by atoms with Gasteiger partial charge in [0.05, 0.1) is 41.0 Å². The average molecular weight is 684 g/mol. The molecule has 0 aromatic carbocycles. The summed E-state index contributed by atoms with van der Waals surface area (Å²) in [5.41, 5.74) is 0.186. The molecule has 0 N–H and O–H groups in total. The van der Waals surface area contributed by atoms with Crippen LogP contribution < -0.4 is 0 Å². The van der Waals surface area contributed by atoms with E-state index >= 15 is 0 Å². The van der Waals surface area contributed by atoms with Crippen molar-refractivity contribution in [2.24, 2.45) is 0 Å². The second kappa shape index (κ2) is 12.9. The third kappa shape index (κ3) is 5.31. The van der Waals surface area contributed by atoms with Gasteiger partial charge in [-0.2, -0.15) is 0 Å². The average Bonchev–Trinajstić information content (AvgIpc) is 3.75. The molecule has 7 rings (SSSR count). The van der Waals surface area contributed by atoms with Gasteiger partial charge in [-0.25, -0.2) is 0 Å². The number of methoxy groups -OCH3 is 2. The Morgan fingerprint density at radius 3 is 1.70 bits per heavy atom. The summed E-state index contributed by atoms with van der Waals surface area (Å²) in [5, 5.41) is 0. The van der Waals surface area contributed by atoms with Crippen LogP contribution in [0.4, 0.5) is 0 Å². The maximum Gasteiger partial charge on any atom is 0.258 e. The van der Waals surface area contributed by atoms with Crippen LogP contribution in [0.25, 0.3) is 0 Å². The van der Waals surface area contributed by atoms with Crippen molar-refractivity contribution in [3.63, 3.8) is 0 Å². The summed E-state index contributed by atoms with van der Waals surface area (Å²) in [5.74, 6) is -5.66. The van der Waals surface area contributed by atoms with Crippen molar-refractivity contribution in [2.45, 2.75) is 26.6 Å². The van der Waals surface area contributed by atoms with E-state index in [4.69, 9.17) is 23.0 Å². The highest BCUT2D eigenvalue weighted by Gasteiger charge is 2.45. The third-order valence-electron chi connectivity index (χ3n) is 8.68. The van der Waals surface area contributed by atoms with Gasteiger partial charge in [0, 0.05) is 70.1 Å². The first-order valence-corrected chi connectivity index (χ1v) is 15.3. The standard InChI is InChI=1S/C18H14N2O6.C17H15NO6/c1-9(21)16-13(18(24)20-4-6-25-7-5-20)12-14(22)11-8-19-3-2-10(11)15(23)17(12)26-16;1-8(19)11-12-13(20)10-7-18-6-5-9(10)14(21)15(12)24-16(11)17(2,22-3)23-4/h2-3,8H,4-7H2,1H3;5-7H,1-4H3. The number of hydrogen-bond donors (Lipinski definition) is 0. The number of carbonyl (C=O) groups is 7. The molecule has 3 aliphatic rings. The number of furan rings is 2. The topological polar surface area (TPSA) is 202 Å². The Bertz CT molecular complexity index is 2150. The largest absolute Gasteiger partial charge is 0.450 e. The van der Waals surface area contributed by atoms with E-state index < -0.39 is 46.4 Å². The number of fused-ring (bicyclic) bond motifs is 4. The minimum Gasteiger partial charge on any atom is -0.450 e. The van der Waals surface area contributed by atoms with Crippen molar-refractivity contribution in [1.29, 1.82) is 0 Å². The second-order valence-electron chi connectivity index (χ2n) is 11.6. The number of pyridine rings is 2. The van der Waals surface area contributed by atoms with E-state index in [9.17, 15) is 33.6 Å². The van der Waals surface area contributed by atoms with Crippen molar-refractivity contribution >= 4 is 40.6 Å². The first kappa shape index (κ1) is 34.1. The van der Waals surface area contributed by atoms with Gasteiger partial charge in [-0.05, 0) is 26.0 Å². The highest BCUT2D eigenvalue weighted by atomic mass is 16.7. The maximum absolute atomic E-state index is 13.0. The molecule has 1 amide bonds. The number of rotatable bonds is 6. The number of morpholine rings is 1. The van der Waals surface area contributed by atoms with Crippen LogP contribution in [0.15, 0.2) is 45.8 Å². The fraction of sp³-hybridized carbons (Fsp3) is 0.286. The third-order valence-corrected chi connectivity index (χ3v) is 8.68. The number of ketones is 6. The van der Waals surface area contributed by atoms with Gasteiger partial charge < -0.3 is 27.9 Å². The first-order chi connectivity index (χ1) is 23.9. The van der Waals surface area contributed by atoms with E-state index in [1.807, 2.05) is 0 Å². The first-order valence-electron chi connectivity index (χ1n) is 15.3. The zero-order chi connectivity index (χ0) is 36.1. The lowest BCUT2D eigenvalue weighted by molar-refractivity contribution is -0.213. The molecular formula is C35H29N3O12. The molecule has 15 heteroatoms. The van der Waals surface area contributed by atoms with E-state index in [1.165, 1.54) is 76.8 Å². The van der Waals surface area contributed by atoms with Crippen LogP contribution in [-0.2, 0) is 20.0 Å². The lowest BCUT2D eigenvalue weighted by Gasteiger charge is -2.27. The number of amides is 1. The summed E-state index contributed by atoms with van der Waals surface area (Å²) >= 11 is 0. The van der Waals surface area contributed by atoms with Crippen molar-refractivity contribution in [2.75, 3.05) is 40.5 Å². The molecule has 0 saturated carbocycles. The number of hydrogen-bond acceptors (Lipinski definition) is 14. The molecular weight excluding hydrogens is 654 g/mol. The van der Waals surface area contributed by atoms with Crippen molar-refractivity contribution in [3.05, 3.63) is 104 Å². The van der Waals surface area contributed by atoms with Gasteiger partial charge in [0.2, 0.25) is 17.4 Å². The SMILES string of the molecule is CC(=O)c1oc2c(c1C(=O)N1CCOCC1)C(=O)c1cnccc1C2=O.COC(C)(OC)c1oc2c(c1C(C)=O)C(=O)c1cnccc1C2=O. The van der Waals surface area contributed by atoms with E-state index in [1.54, 1.807) is 0 Å². The summed E-state index contributed by atoms with van der Waals surface area (Å²) in [6.45, 7) is 5.43. The predicted octanol–water partition coefficient (Wildman–Crippen LogP) is 3.24. The molecule has 0 spiro atoms. The maximum atomic E-state index is 13.0. The number of nitrogens with zero attached hydrogens (tertiary/aromatic N) is 3. The van der Waals surface area contributed by atoms with Crippen LogP contribution in [0.1, 0.15) is 122 Å². The van der Waals surface area contributed by atoms with Crippen LogP contribution in [0, 0.1) is 0 Å². The highest BCUT2D eigenvalue weighted by Crippen LogP contribution is 2.39. The van der Waals surface area contributed by atoms with E-state index in [0.29, 0.717) is 26.3 Å². The molecule has 1 aliphatic heterocycles. The number of aromatic nitrogens is 2. The van der Waals surface area contributed by atoms with Gasteiger partial charge in [-0.1, -0.05) is 0 Å². The fourth-order valence-electron chi connectivity index (χ4n) is 5.98. The lowest BCUT2D eigenvalue weighted by atomic mass is 9.86. The van der Waals surface area contributed by atoms with Crippen LogP contribution in [0.5, 0.6) is 0 Å². The van der Waals surface area contributed by atoms with Crippen LogP contribution >= 0.6 is 0 Å². The van der Waals surface area contributed by atoms with Gasteiger partial charge >= 0.3 is 0 Å². The van der Waals surface area contributed by atoms with Crippen LogP contribution in [0.2, 0.25) is 0 Å². The Kier molecular flexibility index (Phi) is 8.82. The van der Waals surface area contributed by atoms with Crippen LogP contribution in [0.3, 0.4) is 0 Å². The summed E-state index contributed by atoms with van der Waals surface area (Å²) < 4.78 is 26.9. The molecule has 0 unspecified atom stereocenters. The zero-order valence-electron chi connectivity index (χ0n) is 27.5. The summed E-state index contributed by atoms with van der Waals surface area (Å²) in [4.78, 5) is 97.6. The van der Waals surface area contributed by atoms with Gasteiger partial charge in [-0.15, -0.1) is 0 Å². The van der Waals surface area contributed by atoms with Crippen molar-refractivity contribution in [1.82, 2.24) is 14.9 Å². The van der Waals surface area contributed by atoms with Gasteiger partial charge in [0.15, 0.2) is 46.2 Å². The van der Waals surface area contributed by atoms with E-state index in [2.05, 4.69) is 9.97 Å². The molecule has 4 aromatic heterocycles. The Balaban J connectivity index is 0.000000174. The monoisotopic (exact) mass is 683 g/mol. The lowest BCUT2D eigenvalue weighted by Crippen LogP contribution is -2.41. The van der Waals surface area contributed by atoms with Gasteiger partial charge in [-0.3, -0.25) is 43.5 Å². The predicted molar refractivity (Wildman–Crippen MR) is 168 cm³/mol. The normalized spacial score (nSPS) is 15.0. The van der Waals surface area contributed by atoms with Crippen molar-refractivity contribution in [3.8, 4) is 0 Å². The Morgan fingerprint density at radius 2 is 1.22 bits per heavy atom. The molecule has 0 bridgehead atoms. The smallest absolute Gasteiger partial charge is 0.258 e. The molecule has 256 valence electrons. The molecule has 2 aliphatic carbocycles. The Labute approximate surface area is 283 Å². The number of ether oxygens (including phenoxy) is 3. The van der Waals surface area contributed by atoms with Crippen molar-refractivity contribution < 1.29 is 56.6 Å². The molecule has 1 fully saturated rings. The molecule has 0 atom stereocenters. The number of Topliss-reactive ketones (excluding diaryl/α,β-unsaturated/α-hetero) is 2. The highest BCUT2D eigenvalue weighted by molar-refractivity contribution is 6.31. The van der Waals surface area contributed by atoms with E-state index in [0.717, 1.165) is 0 Å². The fourth-order valence-corrected chi connectivity index (χ4v) is 5.98. The Hall–Kier alpha value is -5.77. The van der Waals surface area contributed by atoms with Gasteiger partial charge in [0.25, 0.3) is 5.91 Å². The molecule has 0 radical (unpaired) electrons. The molecule has 50 heavy (non-hydrogen) atoms. The molecule has 5 heterocycles. The second-order valence-corrected chi connectivity index (χ2v) is 11.6.